The summed E-state index contributed by atoms with van der Waals surface area (Å²) in [5.41, 5.74) is 6.04. The van der Waals surface area contributed by atoms with Crippen molar-refractivity contribution in [2.75, 3.05) is 7.11 Å². The number of ether oxygens (including phenoxy) is 2. The number of benzene rings is 1. The third-order valence-electron chi connectivity index (χ3n) is 2.05. The Hall–Kier alpha value is -1.33. The summed E-state index contributed by atoms with van der Waals surface area (Å²) >= 11 is 10.8. The maximum Gasteiger partial charge on any atom is 0.346 e. The molecule has 92 valence electrons. The van der Waals surface area contributed by atoms with E-state index in [1.807, 2.05) is 0 Å². The summed E-state index contributed by atoms with van der Waals surface area (Å²) in [7, 11) is 1.30. The topological polar surface area (TPSA) is 61.5 Å². The molecule has 0 heterocycles. The van der Waals surface area contributed by atoms with Crippen LogP contribution in [0.25, 0.3) is 0 Å². The van der Waals surface area contributed by atoms with Crippen molar-refractivity contribution in [2.45, 2.75) is 13.0 Å². The van der Waals surface area contributed by atoms with E-state index >= 15 is 0 Å². The molecular weight excluding hydrogens is 262 g/mol. The zero-order valence-electron chi connectivity index (χ0n) is 9.40. The summed E-state index contributed by atoms with van der Waals surface area (Å²) in [6, 6.07) is 4.83. The minimum Gasteiger partial charge on any atom is -0.479 e. The van der Waals surface area contributed by atoms with E-state index in [1.54, 1.807) is 25.1 Å². The van der Waals surface area contributed by atoms with Gasteiger partial charge in [-0.05, 0) is 25.1 Å². The van der Waals surface area contributed by atoms with E-state index in [9.17, 15) is 4.79 Å². The Bertz CT molecular complexity index is 450. The van der Waals surface area contributed by atoms with Crippen LogP contribution in [0.2, 0.25) is 5.02 Å². The molecule has 2 N–H and O–H groups in total. The lowest BCUT2D eigenvalue weighted by Gasteiger charge is -2.13. The van der Waals surface area contributed by atoms with E-state index in [0.29, 0.717) is 16.3 Å². The second-order valence-electron chi connectivity index (χ2n) is 3.29. The van der Waals surface area contributed by atoms with Gasteiger partial charge in [-0.25, -0.2) is 4.79 Å². The lowest BCUT2D eigenvalue weighted by molar-refractivity contribution is -0.147. The summed E-state index contributed by atoms with van der Waals surface area (Å²) in [4.78, 5) is 11.4. The molecular formula is C11H12ClNO3S. The average molecular weight is 274 g/mol. The van der Waals surface area contributed by atoms with Gasteiger partial charge >= 0.3 is 5.97 Å². The fraction of sp³-hybridized carbons (Fsp3) is 0.273. The second-order valence-corrected chi connectivity index (χ2v) is 4.14. The predicted molar refractivity (Wildman–Crippen MR) is 69.4 cm³/mol. The van der Waals surface area contributed by atoms with Crippen LogP contribution >= 0.6 is 23.8 Å². The van der Waals surface area contributed by atoms with Crippen LogP contribution in [-0.4, -0.2) is 24.2 Å². The van der Waals surface area contributed by atoms with Crippen molar-refractivity contribution in [3.8, 4) is 5.75 Å². The molecule has 0 saturated carbocycles. The van der Waals surface area contributed by atoms with Gasteiger partial charge in [-0.3, -0.25) is 0 Å². The molecule has 0 aromatic heterocycles. The van der Waals surface area contributed by atoms with E-state index in [-0.39, 0.29) is 4.99 Å². The molecule has 0 bridgehead atoms. The van der Waals surface area contributed by atoms with Crippen LogP contribution in [0.4, 0.5) is 0 Å². The minimum atomic E-state index is -0.702. The maximum atomic E-state index is 11.2. The highest BCUT2D eigenvalue weighted by molar-refractivity contribution is 7.80. The van der Waals surface area contributed by atoms with E-state index in [0.717, 1.165) is 0 Å². The number of esters is 1. The molecule has 0 aliphatic rings. The molecule has 1 aromatic carbocycles. The Balaban J connectivity index is 2.84. The van der Waals surface area contributed by atoms with E-state index in [1.165, 1.54) is 7.11 Å². The van der Waals surface area contributed by atoms with Gasteiger partial charge in [0, 0.05) is 5.56 Å². The van der Waals surface area contributed by atoms with Crippen LogP contribution in [0.15, 0.2) is 18.2 Å². The van der Waals surface area contributed by atoms with Gasteiger partial charge in [-0.1, -0.05) is 23.8 Å². The normalized spacial score (nSPS) is 11.7. The van der Waals surface area contributed by atoms with Gasteiger partial charge in [0.2, 0.25) is 0 Å². The third kappa shape index (κ3) is 3.57. The lowest BCUT2D eigenvalue weighted by Crippen LogP contribution is -2.24. The van der Waals surface area contributed by atoms with Crippen LogP contribution in [-0.2, 0) is 9.53 Å². The average Bonchev–Trinajstić information content (AvgIpc) is 2.27. The Morgan fingerprint density at radius 2 is 2.18 bits per heavy atom. The van der Waals surface area contributed by atoms with Crippen LogP contribution in [0, 0.1) is 0 Å². The monoisotopic (exact) mass is 273 g/mol. The van der Waals surface area contributed by atoms with Crippen molar-refractivity contribution >= 4 is 34.8 Å². The van der Waals surface area contributed by atoms with E-state index in [2.05, 4.69) is 4.74 Å². The summed E-state index contributed by atoms with van der Waals surface area (Å²) in [6.45, 7) is 1.58. The molecule has 6 heteroatoms. The molecule has 1 aromatic rings. The number of nitrogens with two attached hydrogens (primary N) is 1. The molecule has 17 heavy (non-hydrogen) atoms. The van der Waals surface area contributed by atoms with Crippen LogP contribution in [0.1, 0.15) is 12.5 Å². The molecule has 0 amide bonds. The Morgan fingerprint density at radius 1 is 1.53 bits per heavy atom. The molecule has 0 fully saturated rings. The van der Waals surface area contributed by atoms with E-state index < -0.39 is 12.1 Å². The van der Waals surface area contributed by atoms with Crippen molar-refractivity contribution in [3.05, 3.63) is 28.8 Å². The van der Waals surface area contributed by atoms with Gasteiger partial charge in [-0.15, -0.1) is 0 Å². The first-order chi connectivity index (χ1) is 7.95. The highest BCUT2D eigenvalue weighted by Gasteiger charge is 2.15. The standard InChI is InChI=1S/C11H12ClNO3S/c1-6(11(14)15-2)16-7-3-4-8(10(13)17)9(12)5-7/h3-6H,1-2H3,(H2,13,17). The summed E-state index contributed by atoms with van der Waals surface area (Å²) < 4.78 is 9.88. The predicted octanol–water partition coefficient (Wildman–Crippen LogP) is 1.91. The number of methoxy groups -OCH3 is 1. The van der Waals surface area contributed by atoms with Crippen molar-refractivity contribution < 1.29 is 14.3 Å². The van der Waals surface area contributed by atoms with Gasteiger partial charge in [0.05, 0.1) is 12.1 Å². The molecule has 4 nitrogen and oxygen atoms in total. The number of carbonyl (C=O) groups is 1. The number of rotatable bonds is 4. The van der Waals surface area contributed by atoms with E-state index in [4.69, 9.17) is 34.3 Å². The minimum absolute atomic E-state index is 0.211. The summed E-state index contributed by atoms with van der Waals surface area (Å²) in [5, 5.41) is 0.382. The first kappa shape index (κ1) is 13.7. The van der Waals surface area contributed by atoms with Crippen molar-refractivity contribution in [2.24, 2.45) is 5.73 Å². The fourth-order valence-electron chi connectivity index (χ4n) is 1.19. The summed E-state index contributed by atoms with van der Waals surface area (Å²) in [5.74, 6) is -0.00700. The van der Waals surface area contributed by atoms with Crippen molar-refractivity contribution in [3.63, 3.8) is 0 Å². The first-order valence-corrected chi connectivity index (χ1v) is 5.58. The first-order valence-electron chi connectivity index (χ1n) is 4.79. The number of thiocarbonyl (C=S) groups is 1. The molecule has 1 atom stereocenters. The van der Waals surface area contributed by atoms with Gasteiger partial charge in [0.25, 0.3) is 0 Å². The SMILES string of the molecule is COC(=O)C(C)Oc1ccc(C(N)=S)c(Cl)c1. The van der Waals surface area contributed by atoms with Gasteiger partial charge in [-0.2, -0.15) is 0 Å². The summed E-state index contributed by atoms with van der Waals surface area (Å²) in [6.07, 6.45) is -0.702. The number of halogens is 1. The van der Waals surface area contributed by atoms with Gasteiger partial charge in [0.15, 0.2) is 6.10 Å². The Kier molecular flexibility index (Phi) is 4.72. The quantitative estimate of drug-likeness (QED) is 0.671. The van der Waals surface area contributed by atoms with Gasteiger partial charge in [0.1, 0.15) is 10.7 Å². The molecule has 0 aliphatic carbocycles. The Labute approximate surface area is 110 Å². The fourth-order valence-corrected chi connectivity index (χ4v) is 1.69. The molecule has 0 radical (unpaired) electrons. The highest BCUT2D eigenvalue weighted by atomic mass is 35.5. The van der Waals surface area contributed by atoms with Crippen molar-refractivity contribution in [1.82, 2.24) is 0 Å². The van der Waals surface area contributed by atoms with Crippen LogP contribution in [0.5, 0.6) is 5.75 Å². The zero-order valence-corrected chi connectivity index (χ0v) is 11.0. The third-order valence-corrected chi connectivity index (χ3v) is 2.58. The second kappa shape index (κ2) is 5.84. The number of hydrogen-bond donors (Lipinski definition) is 1. The molecule has 0 aliphatic heterocycles. The van der Waals surface area contributed by atoms with Crippen LogP contribution < -0.4 is 10.5 Å². The molecule has 1 unspecified atom stereocenters. The van der Waals surface area contributed by atoms with Gasteiger partial charge < -0.3 is 15.2 Å². The largest absolute Gasteiger partial charge is 0.479 e. The molecule has 1 rings (SSSR count). The molecule has 0 spiro atoms. The van der Waals surface area contributed by atoms with Crippen LogP contribution in [0.3, 0.4) is 0 Å². The maximum absolute atomic E-state index is 11.2. The highest BCUT2D eigenvalue weighted by Crippen LogP contribution is 2.23. The number of hydrogen-bond acceptors (Lipinski definition) is 4. The molecule has 0 saturated heterocycles. The lowest BCUT2D eigenvalue weighted by atomic mass is 10.2. The number of carbonyl (C=O) groups excluding carboxylic acids is 1. The Morgan fingerprint density at radius 3 is 2.65 bits per heavy atom. The van der Waals surface area contributed by atoms with Crippen molar-refractivity contribution in [1.29, 1.82) is 0 Å². The zero-order chi connectivity index (χ0) is 13.0. The smallest absolute Gasteiger partial charge is 0.346 e.